The van der Waals surface area contributed by atoms with Gasteiger partial charge in [-0.3, -0.25) is 14.4 Å². The molecular formula is C32H34ClN7O3. The summed E-state index contributed by atoms with van der Waals surface area (Å²) in [6.45, 7) is 2.71. The van der Waals surface area contributed by atoms with Crippen LogP contribution < -0.4 is 10.6 Å². The van der Waals surface area contributed by atoms with E-state index in [-0.39, 0.29) is 11.8 Å². The Kier molecular flexibility index (Phi) is 9.36. The maximum absolute atomic E-state index is 13.0. The molecule has 2 aromatic carbocycles. The van der Waals surface area contributed by atoms with E-state index in [2.05, 4.69) is 32.6 Å². The highest BCUT2D eigenvalue weighted by atomic mass is 35.5. The van der Waals surface area contributed by atoms with E-state index in [1.807, 2.05) is 48.7 Å². The van der Waals surface area contributed by atoms with Crippen LogP contribution in [-0.2, 0) is 16.0 Å². The summed E-state index contributed by atoms with van der Waals surface area (Å²) in [5.41, 5.74) is 5.68. The van der Waals surface area contributed by atoms with Crippen LogP contribution in [0.4, 0.5) is 0 Å². The van der Waals surface area contributed by atoms with Crippen LogP contribution in [0.2, 0.25) is 5.02 Å². The first-order valence-corrected chi connectivity index (χ1v) is 14.6. The van der Waals surface area contributed by atoms with Crippen molar-refractivity contribution in [3.05, 3.63) is 101 Å². The molecule has 3 amide bonds. The van der Waals surface area contributed by atoms with Crippen LogP contribution in [0.15, 0.2) is 73.3 Å². The molecule has 10 nitrogen and oxygen atoms in total. The van der Waals surface area contributed by atoms with Crippen molar-refractivity contribution >= 4 is 46.4 Å². The molecule has 0 spiro atoms. The van der Waals surface area contributed by atoms with Crippen molar-refractivity contribution in [2.24, 2.45) is 0 Å². The van der Waals surface area contributed by atoms with Crippen molar-refractivity contribution in [1.29, 1.82) is 0 Å². The number of benzene rings is 2. The number of fused-ring (bicyclic) bond motifs is 2. The Morgan fingerprint density at radius 2 is 2.02 bits per heavy atom. The van der Waals surface area contributed by atoms with Crippen molar-refractivity contribution in [3.63, 3.8) is 0 Å². The zero-order valence-corrected chi connectivity index (χ0v) is 24.8. The second-order valence-electron chi connectivity index (χ2n) is 10.6. The summed E-state index contributed by atoms with van der Waals surface area (Å²) < 4.78 is 1.72. The first kappa shape index (κ1) is 29.8. The van der Waals surface area contributed by atoms with Gasteiger partial charge >= 0.3 is 0 Å². The van der Waals surface area contributed by atoms with Gasteiger partial charge in [-0.25, -0.2) is 9.50 Å². The van der Waals surface area contributed by atoms with Gasteiger partial charge in [0.25, 0.3) is 5.91 Å². The number of carbonyl (C=O) groups excluding carboxylic acids is 3. The highest BCUT2D eigenvalue weighted by Gasteiger charge is 2.26. The van der Waals surface area contributed by atoms with Gasteiger partial charge in [-0.05, 0) is 72.7 Å². The van der Waals surface area contributed by atoms with Crippen molar-refractivity contribution in [2.75, 3.05) is 20.1 Å². The molecule has 0 bridgehead atoms. The van der Waals surface area contributed by atoms with Gasteiger partial charge in [0.05, 0.1) is 10.5 Å². The summed E-state index contributed by atoms with van der Waals surface area (Å²) in [7, 11) is 1.66. The largest absolute Gasteiger partial charge is 0.360 e. The highest BCUT2D eigenvalue weighted by molar-refractivity contribution is 6.35. The summed E-state index contributed by atoms with van der Waals surface area (Å²) >= 11 is 6.23. The summed E-state index contributed by atoms with van der Waals surface area (Å²) in [6, 6.07) is 14.4. The minimum Gasteiger partial charge on any atom is -0.360 e. The van der Waals surface area contributed by atoms with E-state index < -0.39 is 6.04 Å². The molecule has 0 radical (unpaired) electrons. The molecule has 43 heavy (non-hydrogen) atoms. The summed E-state index contributed by atoms with van der Waals surface area (Å²) in [5, 5.41) is 11.0. The van der Waals surface area contributed by atoms with Crippen molar-refractivity contribution in [2.45, 2.75) is 38.1 Å². The second kappa shape index (κ2) is 13.5. The van der Waals surface area contributed by atoms with Crippen LogP contribution in [0.25, 0.3) is 16.6 Å². The Bertz CT molecular complexity index is 1710. The van der Waals surface area contributed by atoms with Crippen LogP contribution >= 0.6 is 11.6 Å². The first-order chi connectivity index (χ1) is 20.9. The summed E-state index contributed by atoms with van der Waals surface area (Å²) in [5.74, 6) is 0.192. The number of halogens is 1. The molecule has 1 aliphatic rings. The van der Waals surface area contributed by atoms with Crippen LogP contribution in [0.1, 0.15) is 45.8 Å². The topological polar surface area (TPSA) is 124 Å². The molecule has 0 aliphatic heterocycles. The van der Waals surface area contributed by atoms with E-state index in [4.69, 9.17) is 11.6 Å². The van der Waals surface area contributed by atoms with Gasteiger partial charge in [0.15, 0.2) is 5.65 Å². The lowest BCUT2D eigenvalue weighted by atomic mass is 10.0. The minimum absolute atomic E-state index is 0.152. The normalized spacial score (nSPS) is 13.2. The number of aromatic nitrogens is 4. The molecule has 11 heteroatoms. The number of amides is 3. The minimum atomic E-state index is -0.727. The number of hydrogen-bond acceptors (Lipinski definition) is 5. The summed E-state index contributed by atoms with van der Waals surface area (Å²) in [6.07, 6.45) is 10.3. The van der Waals surface area contributed by atoms with Gasteiger partial charge in [0.1, 0.15) is 6.04 Å². The molecule has 1 saturated carbocycles. The average Bonchev–Trinajstić information content (AvgIpc) is 3.59. The Morgan fingerprint density at radius 1 is 1.19 bits per heavy atom. The zero-order chi connectivity index (χ0) is 30.3. The Labute approximate surface area is 254 Å². The molecule has 3 heterocycles. The number of hydrogen-bond donors (Lipinski definition) is 3. The lowest BCUT2D eigenvalue weighted by Gasteiger charge is -2.23. The van der Waals surface area contributed by atoms with Crippen LogP contribution in [0.3, 0.4) is 0 Å². The smallest absolute Gasteiger partial charge is 0.251 e. The van der Waals surface area contributed by atoms with E-state index in [0.717, 1.165) is 22.1 Å². The van der Waals surface area contributed by atoms with E-state index in [1.165, 1.54) is 28.9 Å². The highest BCUT2D eigenvalue weighted by Crippen LogP contribution is 2.41. The predicted molar refractivity (Wildman–Crippen MR) is 166 cm³/mol. The van der Waals surface area contributed by atoms with E-state index >= 15 is 0 Å². The molecule has 6 rings (SSSR count). The number of carbonyl (C=O) groups is 3. The number of nitrogens with zero attached hydrogens (tertiary/aromatic N) is 4. The van der Waals surface area contributed by atoms with E-state index in [9.17, 15) is 14.4 Å². The fourth-order valence-corrected chi connectivity index (χ4v) is 5.29. The van der Waals surface area contributed by atoms with E-state index in [1.54, 1.807) is 36.2 Å². The molecule has 5 aromatic rings. The quantitative estimate of drug-likeness (QED) is 0.207. The van der Waals surface area contributed by atoms with Gasteiger partial charge in [-0.15, -0.1) is 0 Å². The average molecular weight is 600 g/mol. The van der Waals surface area contributed by atoms with Gasteiger partial charge < -0.3 is 20.5 Å². The number of likely N-dealkylation sites (N-methyl/N-ethyl adjacent to an activating group) is 1. The Balaban J connectivity index is 0.000000345. The fourth-order valence-electron chi connectivity index (χ4n) is 5.06. The third-order valence-electron chi connectivity index (χ3n) is 7.58. The second-order valence-corrected chi connectivity index (χ2v) is 11.0. The maximum Gasteiger partial charge on any atom is 0.251 e. The maximum atomic E-state index is 13.0. The lowest BCUT2D eigenvalue weighted by molar-refractivity contribution is -0.133. The number of H-pyrrole nitrogens is 1. The zero-order valence-electron chi connectivity index (χ0n) is 24.1. The molecule has 3 aromatic heterocycles. The molecule has 1 unspecified atom stereocenters. The molecular weight excluding hydrogens is 566 g/mol. The van der Waals surface area contributed by atoms with Gasteiger partial charge in [0, 0.05) is 62.3 Å². The molecule has 1 aliphatic carbocycles. The van der Waals surface area contributed by atoms with Gasteiger partial charge in [-0.2, -0.15) is 5.10 Å². The van der Waals surface area contributed by atoms with Crippen molar-refractivity contribution < 1.29 is 14.4 Å². The fraction of sp³-hybridized carbons (Fsp3) is 0.281. The number of imidazole rings is 1. The van der Waals surface area contributed by atoms with Crippen LogP contribution in [-0.4, -0.2) is 68.9 Å². The summed E-state index contributed by atoms with van der Waals surface area (Å²) in [4.78, 5) is 45.5. The number of para-hydroxylation sites is 1. The van der Waals surface area contributed by atoms with Crippen molar-refractivity contribution in [1.82, 2.24) is 35.1 Å². The van der Waals surface area contributed by atoms with Gasteiger partial charge in [-0.1, -0.05) is 29.8 Å². The number of nitrogens with one attached hydrogen (secondary N) is 3. The Morgan fingerprint density at radius 3 is 2.79 bits per heavy atom. The third-order valence-corrected chi connectivity index (χ3v) is 7.90. The van der Waals surface area contributed by atoms with Crippen LogP contribution in [0.5, 0.6) is 0 Å². The predicted octanol–water partition coefficient (Wildman–Crippen LogP) is 4.28. The SMILES string of the molecule is Cc1ccc(C(=O)NCCN(C)C(=O)C(Cc2c[nH]c3c(Cl)cccc23)NC=O)cc1C1CC1.c1cnn2ccnc2c1. The third kappa shape index (κ3) is 7.21. The standard InChI is InChI=1S/C26H29ClN4O3.C6H5N3/c1-16-6-7-18(12-21(16)17-8-9-17)25(33)28-10-11-31(2)26(34)23(30-15-32)13-19-14-29-24-20(19)4-3-5-22(24)27;1-2-6-7-4-5-9(6)8-3-1/h3-7,12,14-15,17,23,29H,8-11,13H2,1-2H3,(H,28,33)(H,30,32);1-5H. The Hall–Kier alpha value is -4.70. The first-order valence-electron chi connectivity index (χ1n) is 14.2. The monoisotopic (exact) mass is 599 g/mol. The molecule has 222 valence electrons. The van der Waals surface area contributed by atoms with E-state index in [0.29, 0.717) is 42.4 Å². The molecule has 1 atom stereocenters. The van der Waals surface area contributed by atoms with Gasteiger partial charge in [0.2, 0.25) is 12.3 Å². The number of aryl methyl sites for hydroxylation is 1. The molecule has 3 N–H and O–H groups in total. The van der Waals surface area contributed by atoms with Crippen LogP contribution in [0, 0.1) is 6.92 Å². The number of aromatic amines is 1. The van der Waals surface area contributed by atoms with Crippen molar-refractivity contribution in [3.8, 4) is 0 Å². The lowest BCUT2D eigenvalue weighted by Crippen LogP contribution is -2.47. The molecule has 1 fully saturated rings. The molecule has 0 saturated heterocycles. The number of rotatable bonds is 10.